The van der Waals surface area contributed by atoms with Crippen molar-refractivity contribution in [3.8, 4) is 0 Å². The predicted molar refractivity (Wildman–Crippen MR) is 59.6 cm³/mol. The van der Waals surface area contributed by atoms with Gasteiger partial charge in [-0.25, -0.2) is 0 Å². The van der Waals surface area contributed by atoms with E-state index in [1.54, 1.807) is 0 Å². The first-order valence-corrected chi connectivity index (χ1v) is 5.15. The lowest BCUT2D eigenvalue weighted by Crippen LogP contribution is -1.74. The molecule has 0 heterocycles. The highest BCUT2D eigenvalue weighted by Crippen LogP contribution is 2.04. The fourth-order valence-corrected chi connectivity index (χ4v) is 1.31. The van der Waals surface area contributed by atoms with Crippen LogP contribution in [0.4, 0.5) is 0 Å². The lowest BCUT2D eigenvalue weighted by molar-refractivity contribution is 0.696. The van der Waals surface area contributed by atoms with Crippen LogP contribution < -0.4 is 0 Å². The Bertz CT molecular complexity index is 192. The van der Waals surface area contributed by atoms with Crippen LogP contribution in [0.25, 0.3) is 0 Å². The van der Waals surface area contributed by atoms with Gasteiger partial charge in [-0.15, -0.1) is 0 Å². The zero-order valence-electron chi connectivity index (χ0n) is 8.15. The summed E-state index contributed by atoms with van der Waals surface area (Å²) in [6, 6.07) is 0. The minimum atomic E-state index is 1.22. The average molecular weight is 174 g/mol. The van der Waals surface area contributed by atoms with Crippen molar-refractivity contribution >= 4 is 0 Å². The molecule has 0 amide bonds. The van der Waals surface area contributed by atoms with Crippen LogP contribution >= 0.6 is 0 Å². The first-order valence-electron chi connectivity index (χ1n) is 5.15. The van der Waals surface area contributed by atoms with E-state index in [9.17, 15) is 0 Å². The Balaban J connectivity index is 2.39. The van der Waals surface area contributed by atoms with Gasteiger partial charge in [0, 0.05) is 0 Å². The van der Waals surface area contributed by atoms with Crippen LogP contribution in [-0.4, -0.2) is 0 Å². The molecule has 0 saturated heterocycles. The maximum Gasteiger partial charge on any atom is -0.0348 e. The molecular formula is C13H18. The molecule has 1 aliphatic carbocycles. The molecule has 0 atom stereocenters. The average Bonchev–Trinajstić information content (AvgIpc) is 2.18. The maximum absolute atomic E-state index is 2.25. The molecular weight excluding hydrogens is 156 g/mol. The van der Waals surface area contributed by atoms with Crippen molar-refractivity contribution in [1.29, 1.82) is 0 Å². The Morgan fingerprint density at radius 3 is 1.46 bits per heavy atom. The fourth-order valence-electron chi connectivity index (χ4n) is 1.31. The molecule has 0 aromatic carbocycles. The van der Waals surface area contributed by atoms with Crippen molar-refractivity contribution < 1.29 is 0 Å². The highest BCUT2D eigenvalue weighted by Gasteiger charge is 1.85. The summed E-state index contributed by atoms with van der Waals surface area (Å²) in [7, 11) is 0. The molecule has 0 radical (unpaired) electrons. The summed E-state index contributed by atoms with van der Waals surface area (Å²) >= 11 is 0. The Morgan fingerprint density at radius 1 is 0.462 bits per heavy atom. The summed E-state index contributed by atoms with van der Waals surface area (Å²) in [6.07, 6.45) is 23.5. The van der Waals surface area contributed by atoms with Gasteiger partial charge >= 0.3 is 0 Å². The molecule has 0 nitrogen and oxygen atoms in total. The molecule has 70 valence electrons. The number of hydrogen-bond acceptors (Lipinski definition) is 0. The predicted octanol–water partition coefficient (Wildman–Crippen LogP) is 4.18. The van der Waals surface area contributed by atoms with E-state index in [-0.39, 0.29) is 0 Å². The third-order valence-corrected chi connectivity index (χ3v) is 2.07. The van der Waals surface area contributed by atoms with Gasteiger partial charge in [0.15, 0.2) is 0 Å². The van der Waals surface area contributed by atoms with Gasteiger partial charge < -0.3 is 0 Å². The number of rotatable bonds is 0. The van der Waals surface area contributed by atoms with Crippen molar-refractivity contribution in [3.05, 3.63) is 48.6 Å². The quantitative estimate of drug-likeness (QED) is 0.517. The van der Waals surface area contributed by atoms with Crippen LogP contribution in [-0.2, 0) is 0 Å². The van der Waals surface area contributed by atoms with Crippen molar-refractivity contribution in [1.82, 2.24) is 0 Å². The van der Waals surface area contributed by atoms with E-state index in [0.717, 1.165) is 0 Å². The zero-order valence-corrected chi connectivity index (χ0v) is 8.15. The molecule has 0 spiro atoms. The molecule has 1 rings (SSSR count). The van der Waals surface area contributed by atoms with Crippen LogP contribution in [0.5, 0.6) is 0 Å². The van der Waals surface area contributed by atoms with Crippen LogP contribution in [0.1, 0.15) is 32.1 Å². The van der Waals surface area contributed by atoms with E-state index in [1.807, 2.05) is 0 Å². The molecule has 1 aliphatic rings. The topological polar surface area (TPSA) is 0 Å². The Morgan fingerprint density at radius 2 is 0.923 bits per heavy atom. The van der Waals surface area contributed by atoms with Gasteiger partial charge in [0.2, 0.25) is 0 Å². The summed E-state index contributed by atoms with van der Waals surface area (Å²) in [4.78, 5) is 0. The maximum atomic E-state index is 2.25. The summed E-state index contributed by atoms with van der Waals surface area (Å²) in [5.41, 5.74) is 0. The van der Waals surface area contributed by atoms with Crippen molar-refractivity contribution in [2.45, 2.75) is 32.1 Å². The van der Waals surface area contributed by atoms with Gasteiger partial charge in [-0.05, 0) is 25.7 Å². The standard InChI is InChI=1S/C13H18/c1-2-4-6-8-10-12-13-11-9-7-5-3-1/h1-8H,9-13H2. The lowest BCUT2D eigenvalue weighted by Gasteiger charge is -1.93. The smallest absolute Gasteiger partial charge is 0.0348 e. The molecule has 0 aromatic rings. The van der Waals surface area contributed by atoms with Crippen LogP contribution in [0, 0.1) is 0 Å². The van der Waals surface area contributed by atoms with Crippen molar-refractivity contribution in [2.75, 3.05) is 0 Å². The summed E-state index contributed by atoms with van der Waals surface area (Å²) in [6.45, 7) is 0. The number of allylic oxidation sites excluding steroid dienone is 8. The molecule has 0 fully saturated rings. The molecule has 0 aromatic heterocycles. The van der Waals surface area contributed by atoms with Gasteiger partial charge in [0.05, 0.1) is 0 Å². The molecule has 0 saturated carbocycles. The molecule has 0 N–H and O–H groups in total. The van der Waals surface area contributed by atoms with E-state index in [4.69, 9.17) is 0 Å². The summed E-state index contributed by atoms with van der Waals surface area (Å²) in [5, 5.41) is 0. The van der Waals surface area contributed by atoms with Gasteiger partial charge in [0.1, 0.15) is 0 Å². The second-order valence-corrected chi connectivity index (χ2v) is 3.26. The molecule has 13 heavy (non-hydrogen) atoms. The normalized spacial score (nSPS) is 19.1. The second-order valence-electron chi connectivity index (χ2n) is 3.26. The van der Waals surface area contributed by atoms with E-state index in [2.05, 4.69) is 48.6 Å². The Hall–Kier alpha value is -1.04. The molecule has 0 aliphatic heterocycles. The van der Waals surface area contributed by atoms with Gasteiger partial charge in [-0.1, -0.05) is 55.0 Å². The lowest BCUT2D eigenvalue weighted by atomic mass is 10.1. The van der Waals surface area contributed by atoms with Crippen LogP contribution in [0.3, 0.4) is 0 Å². The summed E-state index contributed by atoms with van der Waals surface area (Å²) < 4.78 is 0. The largest absolute Gasteiger partial charge is 0.0845 e. The zero-order chi connectivity index (χ0) is 9.19. The van der Waals surface area contributed by atoms with Crippen molar-refractivity contribution in [2.24, 2.45) is 0 Å². The first kappa shape index (κ1) is 10.0. The minimum Gasteiger partial charge on any atom is -0.0845 e. The SMILES string of the molecule is C1=CC=CCCCCCC=CC=C1. The monoisotopic (exact) mass is 174 g/mol. The molecule has 0 bridgehead atoms. The third-order valence-electron chi connectivity index (χ3n) is 2.07. The van der Waals surface area contributed by atoms with Crippen LogP contribution in [0.15, 0.2) is 48.6 Å². The van der Waals surface area contributed by atoms with Gasteiger partial charge in [-0.3, -0.25) is 0 Å². The first-order chi connectivity index (χ1) is 6.50. The Kier molecular flexibility index (Phi) is 5.87. The van der Waals surface area contributed by atoms with Gasteiger partial charge in [-0.2, -0.15) is 0 Å². The minimum absolute atomic E-state index is 1.22. The van der Waals surface area contributed by atoms with Gasteiger partial charge in [0.25, 0.3) is 0 Å². The van der Waals surface area contributed by atoms with Crippen LogP contribution in [0.2, 0.25) is 0 Å². The molecule has 0 heteroatoms. The highest BCUT2D eigenvalue weighted by molar-refractivity contribution is 5.15. The van der Waals surface area contributed by atoms with E-state index in [1.165, 1.54) is 32.1 Å². The summed E-state index contributed by atoms with van der Waals surface area (Å²) in [5.74, 6) is 0. The fraction of sp³-hybridized carbons (Fsp3) is 0.385. The third kappa shape index (κ3) is 6.15. The van der Waals surface area contributed by atoms with E-state index in [0.29, 0.717) is 0 Å². The molecule has 0 unspecified atom stereocenters. The van der Waals surface area contributed by atoms with E-state index >= 15 is 0 Å². The Labute approximate surface area is 81.4 Å². The van der Waals surface area contributed by atoms with Crippen molar-refractivity contribution in [3.63, 3.8) is 0 Å². The second kappa shape index (κ2) is 7.60. The van der Waals surface area contributed by atoms with E-state index < -0.39 is 0 Å². The highest BCUT2D eigenvalue weighted by atomic mass is 13.9. The number of hydrogen-bond donors (Lipinski definition) is 0.